The van der Waals surface area contributed by atoms with E-state index in [4.69, 9.17) is 28.7 Å². The summed E-state index contributed by atoms with van der Waals surface area (Å²) >= 11 is 4.15. The van der Waals surface area contributed by atoms with Crippen LogP contribution in [0.5, 0.6) is 0 Å². The van der Waals surface area contributed by atoms with Gasteiger partial charge in [0.2, 0.25) is 5.91 Å². The Bertz CT molecular complexity index is 423. The Labute approximate surface area is 169 Å². The summed E-state index contributed by atoms with van der Waals surface area (Å²) in [6.07, 6.45) is 4.86. The number of nitrogens with one attached hydrogen (secondary N) is 1. The first kappa shape index (κ1) is 26.3. The van der Waals surface area contributed by atoms with Gasteiger partial charge >= 0.3 is 0 Å². The average Bonchev–Trinajstić information content (AvgIpc) is 2.58. The SMILES string of the molecule is CC(CCC(=O)CC(CCCC(N)S)C(N)N)CNC(CCCN)C(N)=O. The molecule has 0 radical (unpaired) electrons. The highest BCUT2D eigenvalue weighted by atomic mass is 32.1. The zero-order valence-electron chi connectivity index (χ0n) is 16.6. The van der Waals surface area contributed by atoms with Gasteiger partial charge in [0.05, 0.1) is 12.2 Å². The fourth-order valence-corrected chi connectivity index (χ4v) is 3.12. The Hall–Kier alpha value is -0.710. The minimum Gasteiger partial charge on any atom is -0.368 e. The lowest BCUT2D eigenvalue weighted by Gasteiger charge is -2.21. The number of rotatable bonds is 17. The maximum absolute atomic E-state index is 12.3. The number of hydrogen-bond acceptors (Lipinski definition) is 8. The van der Waals surface area contributed by atoms with Gasteiger partial charge in [-0.05, 0) is 57.0 Å². The van der Waals surface area contributed by atoms with E-state index in [1.54, 1.807) is 0 Å². The van der Waals surface area contributed by atoms with Gasteiger partial charge in [-0.2, -0.15) is 12.6 Å². The molecule has 0 fully saturated rings. The second kappa shape index (κ2) is 15.2. The van der Waals surface area contributed by atoms with Crippen molar-refractivity contribution < 1.29 is 9.59 Å². The molecule has 0 saturated carbocycles. The molecule has 27 heavy (non-hydrogen) atoms. The van der Waals surface area contributed by atoms with Gasteiger partial charge in [0.25, 0.3) is 0 Å². The summed E-state index contributed by atoms with van der Waals surface area (Å²) in [6.45, 7) is 3.20. The van der Waals surface area contributed by atoms with Crippen LogP contribution in [0.2, 0.25) is 0 Å². The lowest BCUT2D eigenvalue weighted by molar-refractivity contribution is -0.121. The molecule has 160 valence electrons. The molecule has 11 N–H and O–H groups in total. The van der Waals surface area contributed by atoms with Crippen LogP contribution in [0.15, 0.2) is 0 Å². The molecular weight excluding hydrogens is 364 g/mol. The Morgan fingerprint density at radius 2 is 1.70 bits per heavy atom. The van der Waals surface area contributed by atoms with Crippen LogP contribution in [0.1, 0.15) is 58.3 Å². The van der Waals surface area contributed by atoms with Gasteiger partial charge in [0, 0.05) is 18.2 Å². The van der Waals surface area contributed by atoms with Crippen LogP contribution < -0.4 is 34.0 Å². The Morgan fingerprint density at radius 3 is 2.22 bits per heavy atom. The highest BCUT2D eigenvalue weighted by Gasteiger charge is 2.20. The van der Waals surface area contributed by atoms with Crippen molar-refractivity contribution in [3.05, 3.63) is 0 Å². The van der Waals surface area contributed by atoms with Crippen molar-refractivity contribution in [3.8, 4) is 0 Å². The number of ketones is 1. The molecule has 0 saturated heterocycles. The molecule has 4 unspecified atom stereocenters. The first-order valence-electron chi connectivity index (χ1n) is 9.86. The second-order valence-corrected chi connectivity index (χ2v) is 8.18. The molecule has 0 aliphatic rings. The van der Waals surface area contributed by atoms with Crippen molar-refractivity contribution in [2.24, 2.45) is 40.5 Å². The summed E-state index contributed by atoms with van der Waals surface area (Å²) in [5.74, 6) is 0.0133. The first-order chi connectivity index (χ1) is 12.7. The van der Waals surface area contributed by atoms with Crippen LogP contribution in [0.3, 0.4) is 0 Å². The van der Waals surface area contributed by atoms with E-state index in [9.17, 15) is 9.59 Å². The highest BCUT2D eigenvalue weighted by molar-refractivity contribution is 7.80. The summed E-state index contributed by atoms with van der Waals surface area (Å²) in [5, 5.41) is 3.02. The van der Waals surface area contributed by atoms with E-state index < -0.39 is 6.17 Å². The van der Waals surface area contributed by atoms with Crippen molar-refractivity contribution in [3.63, 3.8) is 0 Å². The molecule has 0 rings (SSSR count). The zero-order valence-corrected chi connectivity index (χ0v) is 17.5. The van der Waals surface area contributed by atoms with E-state index in [1.807, 2.05) is 6.92 Å². The van der Waals surface area contributed by atoms with Crippen molar-refractivity contribution in [2.75, 3.05) is 13.1 Å². The van der Waals surface area contributed by atoms with E-state index in [2.05, 4.69) is 17.9 Å². The Balaban J connectivity index is 4.20. The van der Waals surface area contributed by atoms with Gasteiger partial charge in [0.1, 0.15) is 5.78 Å². The van der Waals surface area contributed by atoms with Gasteiger partial charge in [-0.25, -0.2) is 0 Å². The smallest absolute Gasteiger partial charge is 0.234 e. The molecule has 0 bridgehead atoms. The fourth-order valence-electron chi connectivity index (χ4n) is 2.93. The van der Waals surface area contributed by atoms with Crippen molar-refractivity contribution in [1.82, 2.24) is 5.32 Å². The normalized spacial score (nSPS) is 16.1. The molecule has 0 heterocycles. The van der Waals surface area contributed by atoms with Crippen LogP contribution in [-0.4, -0.2) is 42.4 Å². The fraction of sp³-hybridized carbons (Fsp3) is 0.889. The number of carbonyl (C=O) groups excluding carboxylic acids is 2. The second-order valence-electron chi connectivity index (χ2n) is 7.52. The lowest BCUT2D eigenvalue weighted by atomic mass is 9.91. The maximum Gasteiger partial charge on any atom is 0.234 e. The van der Waals surface area contributed by atoms with Crippen molar-refractivity contribution in [2.45, 2.75) is 75.9 Å². The molecule has 0 aromatic carbocycles. The standard InChI is InChI=1S/C18H40N6O2S/c1-12(11-24-15(18(23)26)5-3-9-19)7-8-14(25)10-13(17(21)22)4-2-6-16(20)27/h12-13,15-17,24,27H,2-11,19-22H2,1H3,(H2,23,26). The number of nitrogens with two attached hydrogens (primary N) is 5. The highest BCUT2D eigenvalue weighted by Crippen LogP contribution is 2.18. The number of thiol groups is 1. The third kappa shape index (κ3) is 14.0. The Kier molecular flexibility index (Phi) is 14.8. The zero-order chi connectivity index (χ0) is 20.8. The molecule has 0 aliphatic carbocycles. The van der Waals surface area contributed by atoms with Crippen molar-refractivity contribution >= 4 is 24.3 Å². The van der Waals surface area contributed by atoms with Crippen LogP contribution in [0.25, 0.3) is 0 Å². The lowest BCUT2D eigenvalue weighted by Crippen LogP contribution is -2.43. The van der Waals surface area contributed by atoms with Gasteiger partial charge in [-0.3, -0.25) is 9.59 Å². The predicted molar refractivity (Wildman–Crippen MR) is 114 cm³/mol. The first-order valence-corrected chi connectivity index (χ1v) is 10.4. The minimum absolute atomic E-state index is 0.0338. The number of carbonyl (C=O) groups is 2. The third-order valence-corrected chi connectivity index (χ3v) is 5.04. The molecule has 9 heteroatoms. The van der Waals surface area contributed by atoms with E-state index in [1.165, 1.54) is 0 Å². The molecule has 0 aliphatic heterocycles. The van der Waals surface area contributed by atoms with Crippen LogP contribution in [-0.2, 0) is 9.59 Å². The summed E-state index contributed by atoms with van der Waals surface area (Å²) in [4.78, 5) is 23.7. The van der Waals surface area contributed by atoms with Gasteiger partial charge < -0.3 is 34.0 Å². The van der Waals surface area contributed by atoms with Gasteiger partial charge in [-0.15, -0.1) is 0 Å². The molecule has 4 atom stereocenters. The van der Waals surface area contributed by atoms with E-state index in [0.717, 1.165) is 32.1 Å². The number of primary amides is 1. The average molecular weight is 405 g/mol. The summed E-state index contributed by atoms with van der Waals surface area (Å²) in [6, 6.07) is -0.371. The molecule has 0 aromatic rings. The summed E-state index contributed by atoms with van der Waals surface area (Å²) in [7, 11) is 0. The summed E-state index contributed by atoms with van der Waals surface area (Å²) in [5.41, 5.74) is 28.1. The Morgan fingerprint density at radius 1 is 1.04 bits per heavy atom. The summed E-state index contributed by atoms with van der Waals surface area (Å²) < 4.78 is 0. The maximum atomic E-state index is 12.3. The van der Waals surface area contributed by atoms with Gasteiger partial charge in [-0.1, -0.05) is 13.3 Å². The van der Waals surface area contributed by atoms with Crippen LogP contribution in [0, 0.1) is 11.8 Å². The van der Waals surface area contributed by atoms with Crippen molar-refractivity contribution in [1.29, 1.82) is 0 Å². The van der Waals surface area contributed by atoms with Crippen LogP contribution >= 0.6 is 12.6 Å². The van der Waals surface area contributed by atoms with Crippen LogP contribution in [0.4, 0.5) is 0 Å². The van der Waals surface area contributed by atoms with E-state index >= 15 is 0 Å². The molecule has 0 spiro atoms. The minimum atomic E-state index is -0.511. The monoisotopic (exact) mass is 404 g/mol. The molecule has 8 nitrogen and oxygen atoms in total. The molecule has 1 amide bonds. The topological polar surface area (TPSA) is 176 Å². The van der Waals surface area contributed by atoms with Gasteiger partial charge in [0.15, 0.2) is 0 Å². The largest absolute Gasteiger partial charge is 0.368 e. The quantitative estimate of drug-likeness (QED) is 0.129. The third-order valence-electron chi connectivity index (χ3n) is 4.78. The number of Topliss-reactive ketones (excluding diaryl/α,β-unsaturated/α-hetero) is 1. The molecule has 0 aromatic heterocycles. The number of hydrogen-bond donors (Lipinski definition) is 7. The number of amides is 1. The predicted octanol–water partition coefficient (Wildman–Crippen LogP) is -0.211. The van der Waals surface area contributed by atoms with E-state index in [-0.39, 0.29) is 34.9 Å². The molecular formula is C18H40N6O2S. The van der Waals surface area contributed by atoms with E-state index in [0.29, 0.717) is 32.4 Å².